The van der Waals surface area contributed by atoms with Crippen molar-refractivity contribution in [3.63, 3.8) is 0 Å². The fourth-order valence-electron chi connectivity index (χ4n) is 5.34. The topological polar surface area (TPSA) is 65.8 Å². The number of carbonyl (C=O) groups is 1. The summed E-state index contributed by atoms with van der Waals surface area (Å²) in [6.45, 7) is 0.918. The average Bonchev–Trinajstić information content (AvgIpc) is 2.92. The molecule has 9 heteroatoms. The molecule has 1 aromatic heterocycles. The zero-order valence-corrected chi connectivity index (χ0v) is 16.1. The summed E-state index contributed by atoms with van der Waals surface area (Å²) in [4.78, 5) is 29.3. The van der Waals surface area contributed by atoms with Crippen LogP contribution in [0.25, 0.3) is 0 Å². The maximum Gasteiger partial charge on any atom is 0.390 e. The third kappa shape index (κ3) is 3.70. The number of aliphatic hydroxyl groups excluding tert-OH is 1. The van der Waals surface area contributed by atoms with E-state index in [9.17, 15) is 27.9 Å². The van der Waals surface area contributed by atoms with E-state index in [0.717, 1.165) is 19.3 Å². The van der Waals surface area contributed by atoms with Gasteiger partial charge in [0.25, 0.3) is 5.56 Å². The number of nitrogens with zero attached hydrogens (tertiary/aromatic N) is 3. The molecule has 6 nitrogen and oxygen atoms in total. The van der Waals surface area contributed by atoms with Crippen molar-refractivity contribution in [2.75, 3.05) is 26.2 Å². The number of aliphatic hydroxyl groups is 1. The minimum Gasteiger partial charge on any atom is -0.396 e. The zero-order chi connectivity index (χ0) is 20.8. The second kappa shape index (κ2) is 7.75. The van der Waals surface area contributed by atoms with Crippen LogP contribution in [0.15, 0.2) is 23.0 Å². The molecule has 160 valence electrons. The largest absolute Gasteiger partial charge is 0.396 e. The van der Waals surface area contributed by atoms with Gasteiger partial charge in [0.2, 0.25) is 5.91 Å². The fraction of sp³-hybridized carbons (Fsp3) is 0.700. The molecule has 0 radical (unpaired) electrons. The van der Waals surface area contributed by atoms with Crippen LogP contribution < -0.4 is 5.56 Å². The van der Waals surface area contributed by atoms with Crippen LogP contribution in [0.5, 0.6) is 0 Å². The lowest BCUT2D eigenvalue weighted by Crippen LogP contribution is -2.47. The molecule has 4 heterocycles. The highest BCUT2D eigenvalue weighted by Gasteiger charge is 2.56. The SMILES string of the molecule is O=C([C@H]1[C@H](CO)[C@H]2Cn3c(cccc3=O)[C@@H]1N2CCC(F)(F)F)N1CCCCC1. The summed E-state index contributed by atoms with van der Waals surface area (Å²) < 4.78 is 40.5. The van der Waals surface area contributed by atoms with Gasteiger partial charge in [0, 0.05) is 56.5 Å². The zero-order valence-electron chi connectivity index (χ0n) is 16.1. The predicted octanol–water partition coefficient (Wildman–Crippen LogP) is 1.78. The van der Waals surface area contributed by atoms with E-state index in [2.05, 4.69) is 0 Å². The number of rotatable bonds is 4. The van der Waals surface area contributed by atoms with Crippen molar-refractivity contribution in [1.82, 2.24) is 14.4 Å². The van der Waals surface area contributed by atoms with Gasteiger partial charge in [-0.1, -0.05) is 6.07 Å². The number of pyridine rings is 1. The van der Waals surface area contributed by atoms with Crippen molar-refractivity contribution >= 4 is 5.91 Å². The number of likely N-dealkylation sites (tertiary alicyclic amines) is 1. The molecular weight excluding hydrogens is 387 g/mol. The molecule has 2 fully saturated rings. The molecule has 1 N–H and O–H groups in total. The Morgan fingerprint density at radius 3 is 2.55 bits per heavy atom. The fourth-order valence-corrected chi connectivity index (χ4v) is 5.34. The lowest BCUT2D eigenvalue weighted by atomic mass is 9.85. The van der Waals surface area contributed by atoms with Crippen LogP contribution in [0, 0.1) is 11.8 Å². The summed E-state index contributed by atoms with van der Waals surface area (Å²) in [5, 5.41) is 10.1. The lowest BCUT2D eigenvalue weighted by Gasteiger charge is -2.38. The summed E-state index contributed by atoms with van der Waals surface area (Å²) in [5.41, 5.74) is 0.345. The standard InChI is InChI=1S/C20H26F3N3O3/c21-20(22,23)7-10-25-15-11-26-14(5-4-6-16(26)28)18(25)17(13(15)12-27)19(29)24-8-2-1-3-9-24/h4-6,13,15,17-18,27H,1-3,7-12H2/t13-,15-,17+,18+/m1/s1. The molecule has 2 bridgehead atoms. The highest BCUT2D eigenvalue weighted by molar-refractivity contribution is 5.81. The molecule has 2 saturated heterocycles. The number of hydrogen-bond acceptors (Lipinski definition) is 4. The Morgan fingerprint density at radius 1 is 1.17 bits per heavy atom. The van der Waals surface area contributed by atoms with E-state index in [1.807, 2.05) is 0 Å². The van der Waals surface area contributed by atoms with Crippen molar-refractivity contribution in [3.05, 3.63) is 34.2 Å². The molecule has 4 atom stereocenters. The monoisotopic (exact) mass is 413 g/mol. The maximum atomic E-state index is 13.4. The smallest absolute Gasteiger partial charge is 0.390 e. The molecule has 1 amide bonds. The number of amides is 1. The van der Waals surface area contributed by atoms with E-state index in [-0.39, 0.29) is 31.2 Å². The molecule has 0 unspecified atom stereocenters. The number of aromatic nitrogens is 1. The van der Waals surface area contributed by atoms with Gasteiger partial charge in [-0.3, -0.25) is 14.5 Å². The van der Waals surface area contributed by atoms with Crippen LogP contribution in [0.3, 0.4) is 0 Å². The summed E-state index contributed by atoms with van der Waals surface area (Å²) >= 11 is 0. The van der Waals surface area contributed by atoms with E-state index in [0.29, 0.717) is 18.8 Å². The van der Waals surface area contributed by atoms with Crippen LogP contribution in [0.1, 0.15) is 37.4 Å². The van der Waals surface area contributed by atoms with Crippen molar-refractivity contribution < 1.29 is 23.1 Å². The van der Waals surface area contributed by atoms with E-state index in [1.165, 1.54) is 6.07 Å². The number of hydrogen-bond donors (Lipinski definition) is 1. The van der Waals surface area contributed by atoms with Gasteiger partial charge >= 0.3 is 6.18 Å². The molecule has 1 aromatic rings. The van der Waals surface area contributed by atoms with Crippen molar-refractivity contribution in [1.29, 1.82) is 0 Å². The number of halogens is 3. The highest BCUT2D eigenvalue weighted by atomic mass is 19.4. The summed E-state index contributed by atoms with van der Waals surface area (Å²) in [6, 6.07) is 3.63. The van der Waals surface area contributed by atoms with Gasteiger partial charge < -0.3 is 14.6 Å². The van der Waals surface area contributed by atoms with Crippen molar-refractivity contribution in [2.45, 2.75) is 50.5 Å². The van der Waals surface area contributed by atoms with Gasteiger partial charge in [-0.05, 0) is 25.3 Å². The van der Waals surface area contributed by atoms with Crippen LogP contribution in [0.4, 0.5) is 13.2 Å². The Labute approximate surface area is 166 Å². The molecule has 0 saturated carbocycles. The molecule has 0 aliphatic carbocycles. The Hall–Kier alpha value is -1.87. The molecule has 4 rings (SSSR count). The molecule has 0 aromatic carbocycles. The maximum absolute atomic E-state index is 13.4. The minimum atomic E-state index is -4.31. The second-order valence-corrected chi connectivity index (χ2v) is 8.27. The quantitative estimate of drug-likeness (QED) is 0.817. The van der Waals surface area contributed by atoms with Gasteiger partial charge in [-0.2, -0.15) is 13.2 Å². The van der Waals surface area contributed by atoms with Crippen molar-refractivity contribution in [2.24, 2.45) is 11.8 Å². The molecular formula is C20H26F3N3O3. The van der Waals surface area contributed by atoms with Crippen LogP contribution in [-0.4, -0.2) is 63.8 Å². The second-order valence-electron chi connectivity index (χ2n) is 8.27. The minimum absolute atomic E-state index is 0.113. The van der Waals surface area contributed by atoms with Gasteiger partial charge in [0.15, 0.2) is 0 Å². The van der Waals surface area contributed by atoms with Gasteiger partial charge in [0.05, 0.1) is 18.4 Å². The molecule has 3 aliphatic rings. The summed E-state index contributed by atoms with van der Waals surface area (Å²) in [6.07, 6.45) is -2.43. The Bertz CT molecular complexity index is 819. The number of alkyl halides is 3. The van der Waals surface area contributed by atoms with Gasteiger partial charge in [0.1, 0.15) is 0 Å². The third-order valence-electron chi connectivity index (χ3n) is 6.65. The molecule has 3 aliphatic heterocycles. The van der Waals surface area contributed by atoms with E-state index in [4.69, 9.17) is 0 Å². The van der Waals surface area contributed by atoms with E-state index in [1.54, 1.807) is 26.5 Å². The predicted molar refractivity (Wildman–Crippen MR) is 99.1 cm³/mol. The number of piperidine rings is 1. The first kappa shape index (κ1) is 20.4. The highest BCUT2D eigenvalue weighted by Crippen LogP contribution is 2.49. The Balaban J connectivity index is 1.73. The number of carbonyl (C=O) groups excluding carboxylic acids is 1. The molecule has 29 heavy (non-hydrogen) atoms. The van der Waals surface area contributed by atoms with Crippen LogP contribution in [-0.2, 0) is 11.3 Å². The van der Waals surface area contributed by atoms with Crippen LogP contribution in [0.2, 0.25) is 0 Å². The van der Waals surface area contributed by atoms with Crippen LogP contribution >= 0.6 is 0 Å². The summed E-state index contributed by atoms with van der Waals surface area (Å²) in [7, 11) is 0. The van der Waals surface area contributed by atoms with Gasteiger partial charge in [-0.25, -0.2) is 0 Å². The third-order valence-corrected chi connectivity index (χ3v) is 6.65. The molecule has 0 spiro atoms. The Kier molecular flexibility index (Phi) is 5.46. The summed E-state index contributed by atoms with van der Waals surface area (Å²) in [5.74, 6) is -1.26. The average molecular weight is 413 g/mol. The number of fused-ring (bicyclic) bond motifs is 4. The first-order valence-corrected chi connectivity index (χ1v) is 10.2. The normalized spacial score (nSPS) is 29.7. The van der Waals surface area contributed by atoms with Gasteiger partial charge in [-0.15, -0.1) is 0 Å². The lowest BCUT2D eigenvalue weighted by molar-refractivity contribution is -0.141. The van der Waals surface area contributed by atoms with Crippen molar-refractivity contribution in [3.8, 4) is 0 Å². The first-order valence-electron chi connectivity index (χ1n) is 10.2. The first-order chi connectivity index (χ1) is 13.8. The Morgan fingerprint density at radius 2 is 1.90 bits per heavy atom. The van der Waals surface area contributed by atoms with E-state index < -0.39 is 36.5 Å². The van der Waals surface area contributed by atoms with E-state index >= 15 is 0 Å².